The van der Waals surface area contributed by atoms with Crippen molar-refractivity contribution in [3.8, 4) is 5.75 Å². The summed E-state index contributed by atoms with van der Waals surface area (Å²) in [6, 6.07) is 9.94. The first-order valence-electron chi connectivity index (χ1n) is 12.3. The Labute approximate surface area is 228 Å². The van der Waals surface area contributed by atoms with E-state index in [-0.39, 0.29) is 24.3 Å². The van der Waals surface area contributed by atoms with Gasteiger partial charge >= 0.3 is 18.3 Å². The molecule has 1 unspecified atom stereocenters. The van der Waals surface area contributed by atoms with Gasteiger partial charge in [0.15, 0.2) is 11.3 Å². The summed E-state index contributed by atoms with van der Waals surface area (Å²) in [5.74, 6) is -3.32. The number of nitrogens with one attached hydrogen (secondary N) is 1. The van der Waals surface area contributed by atoms with Crippen molar-refractivity contribution in [2.45, 2.75) is 76.9 Å². The topological polar surface area (TPSA) is 81.7 Å². The zero-order valence-corrected chi connectivity index (χ0v) is 22.5. The molecule has 40 heavy (non-hydrogen) atoms. The second-order valence-corrected chi connectivity index (χ2v) is 10.3. The number of ether oxygens (including phenoxy) is 2. The number of benzene rings is 2. The molecule has 0 radical (unpaired) electrons. The van der Waals surface area contributed by atoms with Crippen molar-refractivity contribution in [3.63, 3.8) is 0 Å². The van der Waals surface area contributed by atoms with E-state index in [1.54, 1.807) is 19.1 Å². The Morgan fingerprint density at radius 1 is 0.850 bits per heavy atom. The number of aryl methyl sites for hydroxylation is 1. The summed E-state index contributed by atoms with van der Waals surface area (Å²) in [6.45, 7) is 5.97. The molecule has 2 rings (SSSR count). The monoisotopic (exact) mass is 575 g/mol. The predicted molar refractivity (Wildman–Crippen MR) is 134 cm³/mol. The molecule has 1 N–H and O–H groups in total. The first-order valence-corrected chi connectivity index (χ1v) is 12.3. The number of amides is 1. The van der Waals surface area contributed by atoms with Gasteiger partial charge in [0.05, 0.1) is 6.61 Å². The van der Waals surface area contributed by atoms with E-state index in [9.17, 15) is 40.7 Å². The summed E-state index contributed by atoms with van der Waals surface area (Å²) < 4.78 is 91.7. The molecule has 2 aromatic carbocycles. The number of carbonyl (C=O) groups excluding carboxylic acids is 3. The number of carbonyl (C=O) groups is 3. The second kappa shape index (κ2) is 12.7. The van der Waals surface area contributed by atoms with E-state index < -0.39 is 66.0 Å². The molecular weight excluding hydrogens is 544 g/mol. The molecule has 220 valence electrons. The minimum Gasteiger partial charge on any atom is -0.494 e. The van der Waals surface area contributed by atoms with Crippen LogP contribution in [0.1, 0.15) is 67.9 Å². The minimum absolute atomic E-state index is 0.00746. The Balaban J connectivity index is 2.41. The van der Waals surface area contributed by atoms with Crippen LogP contribution in [0.4, 0.5) is 26.3 Å². The molecule has 0 aliphatic rings. The Morgan fingerprint density at radius 2 is 1.43 bits per heavy atom. The smallest absolute Gasteiger partial charge is 0.416 e. The van der Waals surface area contributed by atoms with Crippen LogP contribution in [-0.4, -0.2) is 42.2 Å². The number of Topliss-reactive ketones (excluding diaryl/α,β-unsaturated/α-hetero) is 1. The van der Waals surface area contributed by atoms with E-state index in [1.807, 2.05) is 5.32 Å². The number of hydrogen-bond donors (Lipinski definition) is 1. The van der Waals surface area contributed by atoms with Gasteiger partial charge in [-0.1, -0.05) is 42.0 Å². The van der Waals surface area contributed by atoms with Crippen LogP contribution in [0, 0.1) is 6.92 Å². The van der Waals surface area contributed by atoms with E-state index in [0.717, 1.165) is 29.8 Å². The lowest BCUT2D eigenvalue weighted by Crippen LogP contribution is -2.57. The molecule has 0 saturated heterocycles. The highest BCUT2D eigenvalue weighted by Gasteiger charge is 2.58. The number of hydrogen-bond acceptors (Lipinski definition) is 5. The van der Waals surface area contributed by atoms with Gasteiger partial charge < -0.3 is 14.8 Å². The third-order valence-corrected chi connectivity index (χ3v) is 5.58. The van der Waals surface area contributed by atoms with Crippen LogP contribution in [0.3, 0.4) is 0 Å². The van der Waals surface area contributed by atoms with E-state index in [0.29, 0.717) is 0 Å². The Hall–Kier alpha value is -3.57. The molecule has 1 atom stereocenters. The molecule has 0 bridgehead atoms. The average Bonchev–Trinajstić information content (AvgIpc) is 2.79. The maximum Gasteiger partial charge on any atom is 0.416 e. The highest BCUT2D eigenvalue weighted by Crippen LogP contribution is 2.43. The summed E-state index contributed by atoms with van der Waals surface area (Å²) >= 11 is 0. The molecule has 1 amide bonds. The van der Waals surface area contributed by atoms with Gasteiger partial charge in [-0.05, 0) is 51.8 Å². The molecule has 0 fully saturated rings. The van der Waals surface area contributed by atoms with Crippen molar-refractivity contribution >= 4 is 17.7 Å². The molecule has 0 spiro atoms. The molecular formula is C28H31F6NO5. The molecule has 0 aliphatic heterocycles. The van der Waals surface area contributed by atoms with Gasteiger partial charge in [0, 0.05) is 18.4 Å². The normalized spacial score (nSPS) is 13.8. The lowest BCUT2D eigenvalue weighted by atomic mass is 9.82. The SMILES string of the molecule is Cc1ccc(C(=O)CC(NC(=O)CC(=O)OC(C)(C)C)(c2ccc(OCCCC(F)(F)F)cc2)C(F)(F)F)cc1. The van der Waals surface area contributed by atoms with Crippen LogP contribution in [0.25, 0.3) is 0 Å². The first-order chi connectivity index (χ1) is 18.3. The minimum atomic E-state index is -5.22. The number of halogens is 6. The summed E-state index contributed by atoms with van der Waals surface area (Å²) in [7, 11) is 0. The fourth-order valence-electron chi connectivity index (χ4n) is 3.72. The van der Waals surface area contributed by atoms with Crippen molar-refractivity contribution in [1.82, 2.24) is 5.32 Å². The standard InChI is InChI=1S/C28H31F6NO5/c1-18-6-8-19(9-7-18)22(36)17-26(28(32,33)34,35-23(37)16-24(38)40-25(2,3)4)20-10-12-21(13-11-20)39-15-5-14-27(29,30)31/h6-13H,5,14-17H2,1-4H3,(H,35,37). The maximum atomic E-state index is 14.8. The van der Waals surface area contributed by atoms with Crippen LogP contribution in [0.5, 0.6) is 5.75 Å². The Morgan fingerprint density at radius 3 is 1.93 bits per heavy atom. The Kier molecular flexibility index (Phi) is 10.4. The highest BCUT2D eigenvalue weighted by atomic mass is 19.4. The van der Waals surface area contributed by atoms with Crippen molar-refractivity contribution < 1.29 is 50.2 Å². The quantitative estimate of drug-likeness (QED) is 0.107. The first kappa shape index (κ1) is 32.6. The van der Waals surface area contributed by atoms with Crippen molar-refractivity contribution in [3.05, 3.63) is 65.2 Å². The fourth-order valence-corrected chi connectivity index (χ4v) is 3.72. The summed E-state index contributed by atoms with van der Waals surface area (Å²) in [6.07, 6.45) is -13.3. The maximum absolute atomic E-state index is 14.8. The summed E-state index contributed by atoms with van der Waals surface area (Å²) in [5.41, 5.74) is -4.03. The average molecular weight is 576 g/mol. The van der Waals surface area contributed by atoms with Gasteiger partial charge in [-0.15, -0.1) is 0 Å². The molecule has 0 heterocycles. The molecule has 2 aromatic rings. The second-order valence-electron chi connectivity index (χ2n) is 10.3. The van der Waals surface area contributed by atoms with E-state index in [4.69, 9.17) is 9.47 Å². The van der Waals surface area contributed by atoms with Crippen LogP contribution in [0.2, 0.25) is 0 Å². The molecule has 6 nitrogen and oxygen atoms in total. The molecule has 0 saturated carbocycles. The molecule has 0 aromatic heterocycles. The van der Waals surface area contributed by atoms with Crippen molar-refractivity contribution in [1.29, 1.82) is 0 Å². The summed E-state index contributed by atoms with van der Waals surface area (Å²) in [4.78, 5) is 37.9. The van der Waals surface area contributed by atoms with Gasteiger partial charge in [0.2, 0.25) is 5.91 Å². The van der Waals surface area contributed by atoms with Gasteiger partial charge in [-0.3, -0.25) is 14.4 Å². The van der Waals surface area contributed by atoms with Crippen LogP contribution < -0.4 is 10.1 Å². The van der Waals surface area contributed by atoms with Crippen molar-refractivity contribution in [2.75, 3.05) is 6.61 Å². The highest BCUT2D eigenvalue weighted by molar-refractivity contribution is 5.98. The lowest BCUT2D eigenvalue weighted by molar-refractivity contribution is -0.202. The zero-order valence-electron chi connectivity index (χ0n) is 22.5. The third kappa shape index (κ3) is 9.87. The largest absolute Gasteiger partial charge is 0.494 e. The molecule has 0 aliphatic carbocycles. The van der Waals surface area contributed by atoms with Crippen LogP contribution in [0.15, 0.2) is 48.5 Å². The number of ketones is 1. The fraction of sp³-hybridized carbons (Fsp3) is 0.464. The number of rotatable bonds is 11. The third-order valence-electron chi connectivity index (χ3n) is 5.58. The number of esters is 1. The number of alkyl halides is 6. The van der Waals surface area contributed by atoms with Crippen LogP contribution in [-0.2, 0) is 19.9 Å². The lowest BCUT2D eigenvalue weighted by Gasteiger charge is -2.37. The van der Waals surface area contributed by atoms with Crippen molar-refractivity contribution in [2.24, 2.45) is 0 Å². The van der Waals surface area contributed by atoms with E-state index >= 15 is 0 Å². The van der Waals surface area contributed by atoms with Crippen LogP contribution >= 0.6 is 0 Å². The zero-order chi connectivity index (χ0) is 30.4. The van der Waals surface area contributed by atoms with E-state index in [2.05, 4.69) is 0 Å². The summed E-state index contributed by atoms with van der Waals surface area (Å²) in [5, 5.41) is 1.85. The van der Waals surface area contributed by atoms with Gasteiger partial charge in [0.1, 0.15) is 17.8 Å². The van der Waals surface area contributed by atoms with E-state index in [1.165, 1.54) is 32.9 Å². The predicted octanol–water partition coefficient (Wildman–Crippen LogP) is 6.59. The van der Waals surface area contributed by atoms with Gasteiger partial charge in [-0.2, -0.15) is 26.3 Å². The molecule has 12 heteroatoms. The van der Waals surface area contributed by atoms with Gasteiger partial charge in [0.25, 0.3) is 0 Å². The van der Waals surface area contributed by atoms with Gasteiger partial charge in [-0.25, -0.2) is 0 Å². The Bertz CT molecular complexity index is 1170.